The van der Waals surface area contributed by atoms with Gasteiger partial charge in [0.2, 0.25) is 0 Å². The minimum Gasteiger partial charge on any atom is -0.383 e. The molecule has 0 aliphatic heterocycles. The molecule has 1 aromatic rings. The van der Waals surface area contributed by atoms with Crippen LogP contribution in [-0.4, -0.2) is 31.0 Å². The van der Waals surface area contributed by atoms with Crippen molar-refractivity contribution in [2.75, 3.05) is 19.4 Å². The normalized spacial score (nSPS) is 12.6. The molecule has 0 aliphatic carbocycles. The number of halogens is 4. The summed E-state index contributed by atoms with van der Waals surface area (Å²) in [6.45, 7) is 0. The molecule has 114 valence electrons. The third kappa shape index (κ3) is 6.11. The number of carbonyl (C=O) groups is 1. The molecule has 0 unspecified atom stereocenters. The second-order valence-electron chi connectivity index (χ2n) is 4.37. The van der Waals surface area contributed by atoms with Gasteiger partial charge in [0, 0.05) is 37.8 Å². The van der Waals surface area contributed by atoms with Crippen molar-refractivity contribution in [2.45, 2.75) is 6.18 Å². The van der Waals surface area contributed by atoms with E-state index >= 15 is 0 Å². The summed E-state index contributed by atoms with van der Waals surface area (Å²) >= 11 is 0. The number of hydrogen-bond donors (Lipinski definition) is 1. The molecule has 1 rings (SSSR count). The molecule has 3 nitrogen and oxygen atoms in total. The summed E-state index contributed by atoms with van der Waals surface area (Å²) in [4.78, 5) is 12.6. The predicted octanol–water partition coefficient (Wildman–Crippen LogP) is 3.33. The lowest BCUT2D eigenvalue weighted by molar-refractivity contribution is -0.165. The van der Waals surface area contributed by atoms with Crippen LogP contribution in [0.2, 0.25) is 0 Å². The molecule has 0 amide bonds. The van der Waals surface area contributed by atoms with Crippen LogP contribution in [0, 0.1) is 5.82 Å². The van der Waals surface area contributed by atoms with Gasteiger partial charge in [0.25, 0.3) is 5.78 Å². The topological polar surface area (TPSA) is 32.3 Å². The van der Waals surface area contributed by atoms with E-state index in [1.165, 1.54) is 24.4 Å². The quantitative estimate of drug-likeness (QED) is 0.514. The van der Waals surface area contributed by atoms with Crippen LogP contribution in [0.15, 0.2) is 48.3 Å². The highest BCUT2D eigenvalue weighted by molar-refractivity contribution is 5.95. The van der Waals surface area contributed by atoms with E-state index in [2.05, 4.69) is 5.32 Å². The Labute approximate surface area is 119 Å². The minimum absolute atomic E-state index is 0.0577. The Bertz CT molecular complexity index is 545. The maximum absolute atomic E-state index is 12.8. The molecule has 0 aromatic heterocycles. The summed E-state index contributed by atoms with van der Waals surface area (Å²) in [5.41, 5.74) is 0.304. The monoisotopic (exact) mass is 302 g/mol. The van der Waals surface area contributed by atoms with Gasteiger partial charge in [0.1, 0.15) is 5.82 Å². The first-order valence-electron chi connectivity index (χ1n) is 5.88. The molecule has 0 saturated heterocycles. The number of anilines is 1. The number of alkyl halides is 3. The van der Waals surface area contributed by atoms with E-state index in [1.807, 2.05) is 0 Å². The van der Waals surface area contributed by atoms with Crippen molar-refractivity contribution < 1.29 is 22.4 Å². The molecule has 0 heterocycles. The zero-order chi connectivity index (χ0) is 16.0. The molecule has 0 saturated carbocycles. The Morgan fingerprint density at radius 3 is 2.24 bits per heavy atom. The molecule has 0 radical (unpaired) electrons. The van der Waals surface area contributed by atoms with Gasteiger partial charge in [-0.3, -0.25) is 4.79 Å². The fourth-order valence-corrected chi connectivity index (χ4v) is 1.28. The molecule has 0 bridgehead atoms. The second-order valence-corrected chi connectivity index (χ2v) is 4.37. The molecular weight excluding hydrogens is 288 g/mol. The third-order valence-corrected chi connectivity index (χ3v) is 2.25. The van der Waals surface area contributed by atoms with Gasteiger partial charge in [-0.15, -0.1) is 0 Å². The van der Waals surface area contributed by atoms with E-state index in [0.717, 1.165) is 12.1 Å². The lowest BCUT2D eigenvalue weighted by Gasteiger charge is -2.10. The summed E-state index contributed by atoms with van der Waals surface area (Å²) in [5, 5.41) is 2.62. The van der Waals surface area contributed by atoms with E-state index in [4.69, 9.17) is 0 Å². The predicted molar refractivity (Wildman–Crippen MR) is 72.0 cm³/mol. The molecule has 1 N–H and O–H groups in total. The van der Waals surface area contributed by atoms with Crippen LogP contribution in [-0.2, 0) is 4.79 Å². The number of allylic oxidation sites excluding steroid dienone is 2. The lowest BCUT2D eigenvalue weighted by Crippen LogP contribution is -2.21. The van der Waals surface area contributed by atoms with Gasteiger partial charge in [-0.25, -0.2) is 4.39 Å². The molecular formula is C14H14F4N2O. The number of hydrogen-bond acceptors (Lipinski definition) is 3. The zero-order valence-electron chi connectivity index (χ0n) is 11.4. The van der Waals surface area contributed by atoms with Crippen LogP contribution < -0.4 is 5.32 Å². The summed E-state index contributed by atoms with van der Waals surface area (Å²) < 4.78 is 49.7. The molecule has 1 aromatic carbocycles. The maximum Gasteiger partial charge on any atom is 0.454 e. The Balaban J connectivity index is 3.00. The number of carbonyl (C=O) groups excluding carboxylic acids is 1. The first kappa shape index (κ1) is 16.7. The van der Waals surface area contributed by atoms with Crippen LogP contribution in [0.5, 0.6) is 0 Å². The highest BCUT2D eigenvalue weighted by atomic mass is 19.4. The van der Waals surface area contributed by atoms with Gasteiger partial charge in [-0.1, -0.05) is 0 Å². The lowest BCUT2D eigenvalue weighted by atomic mass is 10.2. The van der Waals surface area contributed by atoms with Crippen LogP contribution in [0.25, 0.3) is 0 Å². The van der Waals surface area contributed by atoms with Crippen molar-refractivity contribution in [3.63, 3.8) is 0 Å². The molecule has 0 atom stereocenters. The van der Waals surface area contributed by atoms with E-state index in [0.29, 0.717) is 11.8 Å². The van der Waals surface area contributed by atoms with Crippen LogP contribution in [0.4, 0.5) is 23.2 Å². The van der Waals surface area contributed by atoms with Crippen LogP contribution in [0.3, 0.4) is 0 Å². The molecule has 7 heteroatoms. The third-order valence-electron chi connectivity index (χ3n) is 2.25. The summed E-state index contributed by atoms with van der Waals surface area (Å²) in [5.74, 6) is -2.45. The number of rotatable bonds is 5. The molecule has 21 heavy (non-hydrogen) atoms. The Morgan fingerprint density at radius 2 is 1.76 bits per heavy atom. The summed E-state index contributed by atoms with van der Waals surface area (Å²) in [7, 11) is 3.36. The number of benzene rings is 1. The van der Waals surface area contributed by atoms with Crippen LogP contribution >= 0.6 is 0 Å². The van der Waals surface area contributed by atoms with Crippen molar-refractivity contribution in [1.29, 1.82) is 0 Å². The smallest absolute Gasteiger partial charge is 0.383 e. The SMILES string of the molecule is CN(C)C=CC(=CC(=O)C(F)(F)F)Nc1ccc(F)cc1. The van der Waals surface area contributed by atoms with Crippen molar-refractivity contribution in [1.82, 2.24) is 4.90 Å². The van der Waals surface area contributed by atoms with Gasteiger partial charge in [-0.2, -0.15) is 13.2 Å². The Hall–Kier alpha value is -2.31. The number of ketones is 1. The van der Waals surface area contributed by atoms with Gasteiger partial charge in [0.15, 0.2) is 0 Å². The summed E-state index contributed by atoms with van der Waals surface area (Å²) in [6.07, 6.45) is -1.70. The fourth-order valence-electron chi connectivity index (χ4n) is 1.28. The van der Waals surface area contributed by atoms with Gasteiger partial charge in [-0.05, 0) is 30.3 Å². The minimum atomic E-state index is -4.94. The van der Waals surface area contributed by atoms with Crippen molar-refractivity contribution in [3.05, 3.63) is 54.1 Å². The van der Waals surface area contributed by atoms with E-state index in [-0.39, 0.29) is 5.70 Å². The number of nitrogens with one attached hydrogen (secondary N) is 1. The van der Waals surface area contributed by atoms with Crippen molar-refractivity contribution in [3.8, 4) is 0 Å². The average Bonchev–Trinajstić information content (AvgIpc) is 2.37. The van der Waals surface area contributed by atoms with Gasteiger partial charge < -0.3 is 10.2 Å². The second kappa shape index (κ2) is 6.92. The highest BCUT2D eigenvalue weighted by Crippen LogP contribution is 2.19. The van der Waals surface area contributed by atoms with Gasteiger partial charge in [0.05, 0.1) is 0 Å². The molecule has 0 spiro atoms. The summed E-state index contributed by atoms with van der Waals surface area (Å²) in [6, 6.07) is 5.01. The van der Waals surface area contributed by atoms with E-state index in [9.17, 15) is 22.4 Å². The Morgan fingerprint density at radius 1 is 1.19 bits per heavy atom. The van der Waals surface area contributed by atoms with Gasteiger partial charge >= 0.3 is 6.18 Å². The standard InChI is InChI=1S/C14H14F4N2O/c1-20(2)8-7-12(9-13(21)14(16,17)18)19-11-5-3-10(15)4-6-11/h3-9,19H,1-2H3. The first-order chi connectivity index (χ1) is 9.68. The van der Waals surface area contributed by atoms with Crippen molar-refractivity contribution in [2.24, 2.45) is 0 Å². The maximum atomic E-state index is 12.8. The molecule has 0 aliphatic rings. The number of nitrogens with zero attached hydrogens (tertiary/aromatic N) is 1. The zero-order valence-corrected chi connectivity index (χ0v) is 11.4. The first-order valence-corrected chi connectivity index (χ1v) is 5.88. The Kier molecular flexibility index (Phi) is 5.52. The van der Waals surface area contributed by atoms with Crippen molar-refractivity contribution >= 4 is 11.5 Å². The fraction of sp³-hybridized carbons (Fsp3) is 0.214. The largest absolute Gasteiger partial charge is 0.454 e. The van der Waals surface area contributed by atoms with Crippen LogP contribution in [0.1, 0.15) is 0 Å². The van der Waals surface area contributed by atoms with E-state index < -0.39 is 17.8 Å². The van der Waals surface area contributed by atoms with E-state index in [1.54, 1.807) is 19.0 Å². The molecule has 0 fully saturated rings. The highest BCUT2D eigenvalue weighted by Gasteiger charge is 2.36. The average molecular weight is 302 g/mol.